The van der Waals surface area contributed by atoms with Crippen LogP contribution in [0.3, 0.4) is 0 Å². The van der Waals surface area contributed by atoms with Gasteiger partial charge in [-0.3, -0.25) is 14.9 Å². The molecule has 0 aliphatic carbocycles. The molecule has 0 bridgehead atoms. The summed E-state index contributed by atoms with van der Waals surface area (Å²) in [4.78, 5) is 22.4. The summed E-state index contributed by atoms with van der Waals surface area (Å²) in [5.41, 5.74) is 2.02. The fourth-order valence-corrected chi connectivity index (χ4v) is 2.59. The van der Waals surface area contributed by atoms with Gasteiger partial charge in [-0.15, -0.1) is 0 Å². The van der Waals surface area contributed by atoms with Crippen LogP contribution in [0.1, 0.15) is 11.1 Å². The number of nitrogens with zero attached hydrogens (tertiary/aromatic N) is 1. The SMILES string of the molecule is O=C1Nc2ccc(Cl)cc2/C1=C\c1ccc(Cl)c([N+](=O)[O-])c1. The first-order valence-corrected chi connectivity index (χ1v) is 6.98. The first-order valence-electron chi connectivity index (χ1n) is 6.22. The molecule has 1 aliphatic rings. The lowest BCUT2D eigenvalue weighted by Gasteiger charge is -2.01. The first kappa shape index (κ1) is 14.6. The van der Waals surface area contributed by atoms with Crippen LogP contribution in [0.25, 0.3) is 11.6 Å². The predicted molar refractivity (Wildman–Crippen MR) is 86.1 cm³/mol. The molecular formula is C15H8Cl2N2O3. The topological polar surface area (TPSA) is 72.2 Å². The number of nitrogens with one attached hydrogen (secondary N) is 1. The highest BCUT2D eigenvalue weighted by Crippen LogP contribution is 2.35. The zero-order valence-corrected chi connectivity index (χ0v) is 12.5. The van der Waals surface area contributed by atoms with Crippen molar-refractivity contribution in [3.63, 3.8) is 0 Å². The second-order valence-electron chi connectivity index (χ2n) is 4.67. The number of hydrogen-bond acceptors (Lipinski definition) is 3. The summed E-state index contributed by atoms with van der Waals surface area (Å²) in [7, 11) is 0. The van der Waals surface area contributed by atoms with E-state index in [2.05, 4.69) is 5.32 Å². The van der Waals surface area contributed by atoms with E-state index < -0.39 is 4.92 Å². The molecule has 1 N–H and O–H groups in total. The molecule has 0 atom stereocenters. The van der Waals surface area contributed by atoms with Crippen molar-refractivity contribution < 1.29 is 9.72 Å². The number of carbonyl (C=O) groups is 1. The van der Waals surface area contributed by atoms with Crippen molar-refractivity contribution in [1.29, 1.82) is 0 Å². The van der Waals surface area contributed by atoms with E-state index in [1.165, 1.54) is 12.1 Å². The molecule has 5 nitrogen and oxygen atoms in total. The van der Waals surface area contributed by atoms with Crippen molar-refractivity contribution in [2.45, 2.75) is 0 Å². The van der Waals surface area contributed by atoms with Gasteiger partial charge in [0.2, 0.25) is 0 Å². The predicted octanol–water partition coefficient (Wildman–Crippen LogP) is 4.39. The standard InChI is InChI=1S/C15H8Cl2N2O3/c16-9-2-4-13-10(7-9)11(15(20)18-13)5-8-1-3-12(17)14(6-8)19(21)22/h1-7H,(H,18,20)/b11-5+. The van der Waals surface area contributed by atoms with Crippen molar-refractivity contribution in [3.8, 4) is 0 Å². The highest BCUT2D eigenvalue weighted by molar-refractivity contribution is 6.37. The number of anilines is 1. The molecule has 0 spiro atoms. The van der Waals surface area contributed by atoms with Crippen LogP contribution in [0.5, 0.6) is 0 Å². The van der Waals surface area contributed by atoms with Gasteiger partial charge < -0.3 is 5.32 Å². The van der Waals surface area contributed by atoms with E-state index in [1.54, 1.807) is 30.3 Å². The average Bonchev–Trinajstić information content (AvgIpc) is 2.76. The number of amides is 1. The number of rotatable bonds is 2. The molecule has 0 saturated carbocycles. The summed E-state index contributed by atoms with van der Waals surface area (Å²) >= 11 is 11.7. The maximum atomic E-state index is 12.1. The third kappa shape index (κ3) is 2.56. The van der Waals surface area contributed by atoms with E-state index in [0.29, 0.717) is 27.4 Å². The molecule has 7 heteroatoms. The lowest BCUT2D eigenvalue weighted by Crippen LogP contribution is -2.03. The van der Waals surface area contributed by atoms with Gasteiger partial charge in [-0.05, 0) is 35.9 Å². The molecule has 2 aromatic carbocycles. The highest BCUT2D eigenvalue weighted by atomic mass is 35.5. The lowest BCUT2D eigenvalue weighted by atomic mass is 10.0. The fraction of sp³-hybridized carbons (Fsp3) is 0. The van der Waals surface area contributed by atoms with Gasteiger partial charge >= 0.3 is 0 Å². The van der Waals surface area contributed by atoms with Crippen LogP contribution in [0.4, 0.5) is 11.4 Å². The Hall–Kier alpha value is -2.37. The van der Waals surface area contributed by atoms with E-state index in [-0.39, 0.29) is 16.6 Å². The maximum absolute atomic E-state index is 12.1. The van der Waals surface area contributed by atoms with Crippen LogP contribution in [0.15, 0.2) is 36.4 Å². The maximum Gasteiger partial charge on any atom is 0.288 e. The fourth-order valence-electron chi connectivity index (χ4n) is 2.23. The summed E-state index contributed by atoms with van der Waals surface area (Å²) < 4.78 is 0. The minimum atomic E-state index is -0.566. The minimum absolute atomic E-state index is 0.0477. The summed E-state index contributed by atoms with van der Waals surface area (Å²) in [6, 6.07) is 9.42. The molecule has 110 valence electrons. The van der Waals surface area contributed by atoms with Gasteiger partial charge in [-0.2, -0.15) is 0 Å². The van der Waals surface area contributed by atoms with Crippen molar-refractivity contribution in [2.24, 2.45) is 0 Å². The third-order valence-electron chi connectivity index (χ3n) is 3.24. The van der Waals surface area contributed by atoms with Crippen LogP contribution in [0, 0.1) is 10.1 Å². The molecule has 0 unspecified atom stereocenters. The average molecular weight is 335 g/mol. The number of nitro benzene ring substituents is 1. The van der Waals surface area contributed by atoms with E-state index in [9.17, 15) is 14.9 Å². The smallest absolute Gasteiger partial charge is 0.288 e. The van der Waals surface area contributed by atoms with Gasteiger partial charge in [0.25, 0.3) is 11.6 Å². The zero-order chi connectivity index (χ0) is 15.9. The summed E-state index contributed by atoms with van der Waals surface area (Å²) in [5.74, 6) is -0.283. The second kappa shape index (κ2) is 5.44. The third-order valence-corrected chi connectivity index (χ3v) is 3.80. The Morgan fingerprint density at radius 3 is 2.64 bits per heavy atom. The highest BCUT2D eigenvalue weighted by Gasteiger charge is 2.24. The van der Waals surface area contributed by atoms with Crippen molar-refractivity contribution in [1.82, 2.24) is 0 Å². The number of carbonyl (C=O) groups excluding carboxylic acids is 1. The lowest BCUT2D eigenvalue weighted by molar-refractivity contribution is -0.384. The zero-order valence-electron chi connectivity index (χ0n) is 11.0. The molecule has 1 amide bonds. The minimum Gasteiger partial charge on any atom is -0.321 e. The number of benzene rings is 2. The summed E-state index contributed by atoms with van der Waals surface area (Å²) in [5, 5.41) is 14.2. The summed E-state index contributed by atoms with van der Waals surface area (Å²) in [6.07, 6.45) is 1.57. The number of halogens is 2. The van der Waals surface area contributed by atoms with Crippen molar-refractivity contribution in [2.75, 3.05) is 5.32 Å². The molecule has 0 fully saturated rings. The van der Waals surface area contributed by atoms with Crippen LogP contribution in [-0.2, 0) is 4.79 Å². The Morgan fingerprint density at radius 1 is 1.14 bits per heavy atom. The molecule has 0 radical (unpaired) electrons. The van der Waals surface area contributed by atoms with Crippen LogP contribution in [0.2, 0.25) is 10.0 Å². The molecule has 0 aromatic heterocycles. The Balaban J connectivity index is 2.10. The molecular weight excluding hydrogens is 327 g/mol. The molecule has 1 aliphatic heterocycles. The van der Waals surface area contributed by atoms with Gasteiger partial charge in [-0.25, -0.2) is 0 Å². The van der Waals surface area contributed by atoms with Crippen molar-refractivity contribution in [3.05, 3.63) is 67.7 Å². The molecule has 0 saturated heterocycles. The second-order valence-corrected chi connectivity index (χ2v) is 5.51. The van der Waals surface area contributed by atoms with Gasteiger partial charge in [0.15, 0.2) is 0 Å². The Labute approximate surface area is 135 Å². The van der Waals surface area contributed by atoms with Gasteiger partial charge in [-0.1, -0.05) is 29.3 Å². The van der Waals surface area contributed by atoms with Gasteiger partial charge in [0, 0.05) is 27.9 Å². The first-order chi connectivity index (χ1) is 10.5. The van der Waals surface area contributed by atoms with E-state index in [4.69, 9.17) is 23.2 Å². The van der Waals surface area contributed by atoms with Gasteiger partial charge in [0.05, 0.1) is 4.92 Å². The molecule has 1 heterocycles. The Kier molecular flexibility index (Phi) is 3.60. The quantitative estimate of drug-likeness (QED) is 0.502. The number of fused-ring (bicyclic) bond motifs is 1. The summed E-state index contributed by atoms with van der Waals surface area (Å²) in [6.45, 7) is 0. The van der Waals surface area contributed by atoms with Crippen LogP contribution < -0.4 is 5.32 Å². The molecule has 22 heavy (non-hydrogen) atoms. The van der Waals surface area contributed by atoms with Gasteiger partial charge in [0.1, 0.15) is 5.02 Å². The monoisotopic (exact) mass is 334 g/mol. The van der Waals surface area contributed by atoms with Crippen LogP contribution >= 0.6 is 23.2 Å². The van der Waals surface area contributed by atoms with Crippen LogP contribution in [-0.4, -0.2) is 10.8 Å². The largest absolute Gasteiger partial charge is 0.321 e. The Morgan fingerprint density at radius 2 is 1.91 bits per heavy atom. The van der Waals surface area contributed by atoms with E-state index in [0.717, 1.165) is 0 Å². The normalized spacial score (nSPS) is 14.8. The Bertz CT molecular complexity index is 847. The number of nitro groups is 1. The van der Waals surface area contributed by atoms with Crippen molar-refractivity contribution >= 4 is 52.1 Å². The molecule has 2 aromatic rings. The van der Waals surface area contributed by atoms with E-state index >= 15 is 0 Å². The van der Waals surface area contributed by atoms with E-state index in [1.807, 2.05) is 0 Å². The number of hydrogen-bond donors (Lipinski definition) is 1. The molecule has 3 rings (SSSR count).